The molecule has 3 rings (SSSR count). The van der Waals surface area contributed by atoms with Gasteiger partial charge >= 0.3 is 0 Å². The summed E-state index contributed by atoms with van der Waals surface area (Å²) in [6.45, 7) is 0.753. The number of carbonyl (C=O) groups is 1. The summed E-state index contributed by atoms with van der Waals surface area (Å²) >= 11 is 0. The van der Waals surface area contributed by atoms with Crippen LogP contribution in [0.4, 0.5) is 0 Å². The van der Waals surface area contributed by atoms with E-state index >= 15 is 0 Å². The maximum atomic E-state index is 12.9. The smallest absolute Gasteiger partial charge is 0.276 e. The lowest BCUT2D eigenvalue weighted by Crippen LogP contribution is -2.37. The van der Waals surface area contributed by atoms with E-state index in [4.69, 9.17) is 4.42 Å². The molecule has 2 aromatic rings. The molecule has 1 aliphatic carbocycles. The molecule has 1 fully saturated rings. The molecular formula is C18H23N3O2. The van der Waals surface area contributed by atoms with E-state index in [-0.39, 0.29) is 11.9 Å². The van der Waals surface area contributed by atoms with Crippen LogP contribution in [0.3, 0.4) is 0 Å². The normalized spacial score (nSPS) is 15.7. The molecule has 1 saturated carbocycles. The van der Waals surface area contributed by atoms with Crippen LogP contribution < -0.4 is 0 Å². The Hall–Kier alpha value is -2.14. The molecule has 0 N–H and O–H groups in total. The third-order valence-corrected chi connectivity index (χ3v) is 4.26. The Morgan fingerprint density at radius 1 is 1.26 bits per heavy atom. The van der Waals surface area contributed by atoms with Crippen molar-refractivity contribution in [3.63, 3.8) is 0 Å². The van der Waals surface area contributed by atoms with Crippen LogP contribution in [-0.4, -0.2) is 48.4 Å². The molecule has 1 heterocycles. The van der Waals surface area contributed by atoms with E-state index in [1.54, 1.807) is 4.90 Å². The van der Waals surface area contributed by atoms with E-state index in [1.807, 2.05) is 39.3 Å². The van der Waals surface area contributed by atoms with Crippen LogP contribution >= 0.6 is 0 Å². The summed E-state index contributed by atoms with van der Waals surface area (Å²) in [5, 5.41) is 0. The van der Waals surface area contributed by atoms with Gasteiger partial charge in [-0.15, -0.1) is 0 Å². The first-order chi connectivity index (χ1) is 11.1. The van der Waals surface area contributed by atoms with Gasteiger partial charge < -0.3 is 14.2 Å². The maximum Gasteiger partial charge on any atom is 0.276 e. The third kappa shape index (κ3) is 3.45. The monoisotopic (exact) mass is 313 g/mol. The Morgan fingerprint density at radius 2 is 1.96 bits per heavy atom. The highest BCUT2D eigenvalue weighted by molar-refractivity contribution is 5.93. The third-order valence-electron chi connectivity index (χ3n) is 4.26. The lowest BCUT2D eigenvalue weighted by molar-refractivity contribution is 0.0697. The minimum atomic E-state index is -0.0728. The molecule has 0 spiro atoms. The fourth-order valence-electron chi connectivity index (χ4n) is 2.83. The number of amides is 1. The molecule has 1 aliphatic rings. The second kappa shape index (κ2) is 6.54. The zero-order valence-corrected chi connectivity index (χ0v) is 13.9. The first-order valence-corrected chi connectivity index (χ1v) is 7.98. The molecule has 1 atom stereocenters. The van der Waals surface area contributed by atoms with Crippen molar-refractivity contribution < 1.29 is 9.21 Å². The molecular weight excluding hydrogens is 290 g/mol. The molecule has 122 valence electrons. The van der Waals surface area contributed by atoms with Gasteiger partial charge in [-0.25, -0.2) is 4.98 Å². The molecule has 5 nitrogen and oxygen atoms in total. The topological polar surface area (TPSA) is 49.6 Å². The Bertz CT molecular complexity index is 662. The average molecular weight is 313 g/mol. The number of likely N-dealkylation sites (N-methyl/N-ethyl adjacent to an activating group) is 2. The van der Waals surface area contributed by atoms with Crippen LogP contribution in [0.5, 0.6) is 0 Å². The Kier molecular flexibility index (Phi) is 4.48. The minimum Gasteiger partial charge on any atom is -0.447 e. The van der Waals surface area contributed by atoms with Crippen molar-refractivity contribution in [1.29, 1.82) is 0 Å². The molecule has 0 aliphatic heterocycles. The van der Waals surface area contributed by atoms with Crippen molar-refractivity contribution >= 4 is 5.91 Å². The predicted molar refractivity (Wildman–Crippen MR) is 88.3 cm³/mol. The van der Waals surface area contributed by atoms with Crippen LogP contribution in [0.15, 0.2) is 41.1 Å². The van der Waals surface area contributed by atoms with E-state index in [0.717, 1.165) is 30.7 Å². The van der Waals surface area contributed by atoms with Crippen molar-refractivity contribution in [3.8, 4) is 0 Å². The molecule has 0 bridgehead atoms. The minimum absolute atomic E-state index is 0.0255. The highest BCUT2D eigenvalue weighted by Crippen LogP contribution is 2.41. The van der Waals surface area contributed by atoms with E-state index in [2.05, 4.69) is 22.0 Å². The molecule has 0 radical (unpaired) electrons. The highest BCUT2D eigenvalue weighted by atomic mass is 16.3. The highest BCUT2D eigenvalue weighted by Gasteiger charge is 2.34. The van der Waals surface area contributed by atoms with Gasteiger partial charge in [-0.3, -0.25) is 4.79 Å². The standard InChI is InChI=1S/C18H23N3O2/c1-20(2)11-15(13-7-5-4-6-8-13)21(3)18(22)16-17(14-9-10-14)23-12-19-16/h4-8,12,14-15H,9-11H2,1-3H3. The zero-order valence-electron chi connectivity index (χ0n) is 13.9. The Balaban J connectivity index is 1.86. The van der Waals surface area contributed by atoms with Crippen molar-refractivity contribution in [2.45, 2.75) is 24.8 Å². The van der Waals surface area contributed by atoms with Gasteiger partial charge in [0.05, 0.1) is 6.04 Å². The molecule has 1 aromatic heterocycles. The fraction of sp³-hybridized carbons (Fsp3) is 0.444. The second-order valence-electron chi connectivity index (χ2n) is 6.44. The summed E-state index contributed by atoms with van der Waals surface area (Å²) in [5.74, 6) is 1.05. The lowest BCUT2D eigenvalue weighted by Gasteiger charge is -2.30. The fourth-order valence-corrected chi connectivity index (χ4v) is 2.83. The first-order valence-electron chi connectivity index (χ1n) is 7.98. The summed E-state index contributed by atoms with van der Waals surface area (Å²) in [5.41, 5.74) is 1.59. The molecule has 1 unspecified atom stereocenters. The van der Waals surface area contributed by atoms with Gasteiger partial charge in [-0.05, 0) is 32.5 Å². The number of carbonyl (C=O) groups excluding carboxylic acids is 1. The average Bonchev–Trinajstić information content (AvgIpc) is 3.29. The van der Waals surface area contributed by atoms with E-state index in [0.29, 0.717) is 11.6 Å². The number of aromatic nitrogens is 1. The number of benzene rings is 1. The molecule has 23 heavy (non-hydrogen) atoms. The van der Waals surface area contributed by atoms with E-state index in [9.17, 15) is 4.79 Å². The Morgan fingerprint density at radius 3 is 2.57 bits per heavy atom. The van der Waals surface area contributed by atoms with Gasteiger partial charge in [0.15, 0.2) is 12.1 Å². The van der Waals surface area contributed by atoms with Gasteiger partial charge in [0, 0.05) is 19.5 Å². The molecule has 0 saturated heterocycles. The van der Waals surface area contributed by atoms with Crippen LogP contribution in [0.1, 0.15) is 46.6 Å². The number of nitrogens with zero attached hydrogens (tertiary/aromatic N) is 3. The van der Waals surface area contributed by atoms with E-state index < -0.39 is 0 Å². The number of rotatable bonds is 6. The quantitative estimate of drug-likeness (QED) is 0.823. The lowest BCUT2D eigenvalue weighted by atomic mass is 10.0. The molecule has 1 aromatic carbocycles. The predicted octanol–water partition coefficient (Wildman–Crippen LogP) is 2.93. The number of hydrogen-bond donors (Lipinski definition) is 0. The van der Waals surface area contributed by atoms with E-state index in [1.165, 1.54) is 6.39 Å². The number of oxazole rings is 1. The Labute approximate surface area is 136 Å². The maximum absolute atomic E-state index is 12.9. The van der Waals surface area contributed by atoms with Crippen LogP contribution in [0.2, 0.25) is 0 Å². The van der Waals surface area contributed by atoms with Crippen LogP contribution in [-0.2, 0) is 0 Å². The van der Waals surface area contributed by atoms with Gasteiger partial charge in [-0.1, -0.05) is 30.3 Å². The van der Waals surface area contributed by atoms with Crippen molar-refractivity contribution in [3.05, 3.63) is 53.7 Å². The van der Waals surface area contributed by atoms with Crippen LogP contribution in [0.25, 0.3) is 0 Å². The summed E-state index contributed by atoms with van der Waals surface area (Å²) < 4.78 is 5.46. The SMILES string of the molecule is CN(C)CC(c1ccccc1)N(C)C(=O)c1ncoc1C1CC1. The summed E-state index contributed by atoms with van der Waals surface area (Å²) in [6, 6.07) is 10.1. The summed E-state index contributed by atoms with van der Waals surface area (Å²) in [4.78, 5) is 21.0. The molecule has 1 amide bonds. The van der Waals surface area contributed by atoms with Crippen molar-refractivity contribution in [2.24, 2.45) is 0 Å². The first kappa shape index (κ1) is 15.7. The van der Waals surface area contributed by atoms with Gasteiger partial charge in [0.1, 0.15) is 5.76 Å². The van der Waals surface area contributed by atoms with Crippen LogP contribution in [0, 0.1) is 0 Å². The largest absolute Gasteiger partial charge is 0.447 e. The van der Waals surface area contributed by atoms with Gasteiger partial charge in [0.25, 0.3) is 5.91 Å². The summed E-state index contributed by atoms with van der Waals surface area (Å²) in [6.07, 6.45) is 3.55. The molecule has 5 heteroatoms. The summed E-state index contributed by atoms with van der Waals surface area (Å²) in [7, 11) is 5.87. The number of hydrogen-bond acceptors (Lipinski definition) is 4. The zero-order chi connectivity index (χ0) is 16.4. The van der Waals surface area contributed by atoms with Gasteiger partial charge in [0.2, 0.25) is 0 Å². The van der Waals surface area contributed by atoms with Gasteiger partial charge in [-0.2, -0.15) is 0 Å². The van der Waals surface area contributed by atoms with Crippen molar-refractivity contribution in [2.75, 3.05) is 27.7 Å². The second-order valence-corrected chi connectivity index (χ2v) is 6.44. The van der Waals surface area contributed by atoms with Crippen molar-refractivity contribution in [1.82, 2.24) is 14.8 Å².